The van der Waals surface area contributed by atoms with Crippen molar-refractivity contribution in [1.29, 1.82) is 0 Å². The Morgan fingerprint density at radius 2 is 0.595 bits per heavy atom. The molecule has 0 aliphatic heterocycles. The first-order valence-electron chi connectivity index (χ1n) is 31.7. The Morgan fingerprint density at radius 1 is 0.354 bits per heavy atom. The summed E-state index contributed by atoms with van der Waals surface area (Å²) >= 11 is 14.4. The van der Waals surface area contributed by atoms with Crippen LogP contribution in [0.4, 0.5) is 11.4 Å². The Hall–Kier alpha value is 0.830. The van der Waals surface area contributed by atoms with Gasteiger partial charge >= 0.3 is 17.9 Å². The Balaban J connectivity index is 1.54. The number of ether oxygens (including phenoxy) is 3. The smallest absolute Gasteiger partial charge is 0.306 e. The van der Waals surface area contributed by atoms with E-state index in [-0.39, 0.29) is 31.1 Å². The van der Waals surface area contributed by atoms with Crippen molar-refractivity contribution in [2.45, 2.75) is 308 Å². The van der Waals surface area contributed by atoms with E-state index in [9.17, 15) is 14.4 Å². The van der Waals surface area contributed by atoms with Gasteiger partial charge in [-0.3, -0.25) is 14.4 Å². The molecule has 0 spiro atoms. The Kier molecular flexibility index (Phi) is 50.0. The van der Waals surface area contributed by atoms with Crippen molar-refractivity contribution in [2.24, 2.45) is 0 Å². The van der Waals surface area contributed by atoms with Crippen LogP contribution in [0.15, 0.2) is 12.1 Å². The minimum atomic E-state index is -0.784. The number of benzene rings is 2. The summed E-state index contributed by atoms with van der Waals surface area (Å²) in [6.07, 6.45) is 53.0. The van der Waals surface area contributed by atoms with Crippen molar-refractivity contribution >= 4 is 165 Å². The van der Waals surface area contributed by atoms with Crippen LogP contribution >= 0.6 is 136 Å². The number of hydrogen-bond donors (Lipinski definition) is 2. The third kappa shape index (κ3) is 40.0. The fourth-order valence-corrected chi connectivity index (χ4v) is 18.1. The van der Waals surface area contributed by atoms with Gasteiger partial charge in [0.15, 0.2) is 6.10 Å². The van der Waals surface area contributed by atoms with Gasteiger partial charge in [0.25, 0.3) is 0 Å². The van der Waals surface area contributed by atoms with E-state index in [0.29, 0.717) is 19.3 Å². The topological polar surface area (TPSA) is 131 Å². The van der Waals surface area contributed by atoms with Crippen molar-refractivity contribution in [3.63, 3.8) is 0 Å². The second-order valence-electron chi connectivity index (χ2n) is 22.5. The molecule has 0 radical (unpaired) electrons. The molecule has 0 unspecified atom stereocenters. The van der Waals surface area contributed by atoms with Crippen LogP contribution in [-0.4, -0.2) is 37.2 Å². The molecule has 2 aromatic rings. The van der Waals surface area contributed by atoms with E-state index in [0.717, 1.165) is 89.1 Å². The van der Waals surface area contributed by atoms with E-state index in [1.165, 1.54) is 231 Å². The first kappa shape index (κ1) is 75.9. The molecule has 454 valence electrons. The zero-order valence-electron chi connectivity index (χ0n) is 49.0. The van der Waals surface area contributed by atoms with E-state index in [1.54, 1.807) is 0 Å². The zero-order valence-corrected chi connectivity index (χ0v) is 62.0. The molecule has 0 heterocycles. The fraction of sp³-hybridized carbons (Fsp3) is 0.769. The summed E-state index contributed by atoms with van der Waals surface area (Å²) in [4.78, 5) is 38.5. The summed E-state index contributed by atoms with van der Waals surface area (Å²) in [5.41, 5.74) is 17.3. The minimum Gasteiger partial charge on any atom is -0.462 e. The molecule has 0 fully saturated rings. The number of nitrogen functional groups attached to an aromatic ring is 2. The second kappa shape index (κ2) is 52.0. The van der Waals surface area contributed by atoms with Crippen LogP contribution in [0, 0.1) is 21.4 Å². The van der Waals surface area contributed by atoms with Gasteiger partial charge in [0.2, 0.25) is 0 Å². The van der Waals surface area contributed by atoms with Crippen LogP contribution in [0.25, 0.3) is 0 Å². The van der Waals surface area contributed by atoms with Crippen LogP contribution in [0.3, 0.4) is 0 Å². The highest BCUT2D eigenvalue weighted by Gasteiger charge is 2.20. The summed E-state index contributed by atoms with van der Waals surface area (Å²) in [6.45, 7) is 2.11. The number of halogens is 6. The van der Waals surface area contributed by atoms with Crippen molar-refractivity contribution in [3.05, 3.63) is 44.7 Å². The van der Waals surface area contributed by atoms with E-state index in [2.05, 4.69) is 155 Å². The molecule has 2 aromatic carbocycles. The summed E-state index contributed by atoms with van der Waals surface area (Å²) in [6, 6.07) is 4.41. The lowest BCUT2D eigenvalue weighted by molar-refractivity contribution is -0.167. The van der Waals surface area contributed by atoms with E-state index < -0.39 is 6.10 Å². The standard InChI is InChI=1S/C65H106I6N2O6/c1-2-3-4-5-6-7-8-13-22-27-32-37-42-47-61(76)79-52(50-77-59(74)45-40-35-30-25-20-16-11-9-14-18-23-28-33-38-43-53-55(66)48-57(68)64(72)62(53)70)51-78-60(75)46-41-36-31-26-21-17-12-10-15-19-24-29-34-39-44-54-56(67)49-58(69)65(73)63(54)71/h48-49,52H,2-47,50-51,72-73H2,1H3. The predicted octanol–water partition coefficient (Wildman–Crippen LogP) is 22.4. The zero-order chi connectivity index (χ0) is 57.6. The Labute approximate surface area is 564 Å². The third-order valence-corrected chi connectivity index (χ3v) is 21.5. The highest BCUT2D eigenvalue weighted by atomic mass is 127. The van der Waals surface area contributed by atoms with Gasteiger partial charge in [0, 0.05) is 40.7 Å². The third-order valence-electron chi connectivity index (χ3n) is 15.4. The molecule has 0 bridgehead atoms. The Morgan fingerprint density at radius 3 is 0.873 bits per heavy atom. The molecular formula is C65H106I6N2O6. The molecule has 4 N–H and O–H groups in total. The minimum absolute atomic E-state index is 0.0798. The van der Waals surface area contributed by atoms with E-state index >= 15 is 0 Å². The SMILES string of the molecule is CCCCCCCCCCCCCCCC(=O)OC(COC(=O)CCCCCCCCCCCCCCCCc1c(I)cc(I)c(N)c1I)COC(=O)CCCCCCCCCCCCCCCCc1c(I)cc(I)c(N)c1I. The number of rotatable bonds is 53. The molecule has 0 aliphatic carbocycles. The normalized spacial score (nSPS) is 11.5. The largest absolute Gasteiger partial charge is 0.462 e. The predicted molar refractivity (Wildman–Crippen MR) is 386 cm³/mol. The molecule has 79 heavy (non-hydrogen) atoms. The van der Waals surface area contributed by atoms with Crippen LogP contribution in [0.1, 0.15) is 301 Å². The lowest BCUT2D eigenvalue weighted by Crippen LogP contribution is -2.30. The maximum atomic E-state index is 12.9. The summed E-state index contributed by atoms with van der Waals surface area (Å²) in [7, 11) is 0. The molecule has 0 amide bonds. The van der Waals surface area contributed by atoms with Crippen LogP contribution in [0.5, 0.6) is 0 Å². The highest BCUT2D eigenvalue weighted by Crippen LogP contribution is 2.32. The summed E-state index contributed by atoms with van der Waals surface area (Å²) < 4.78 is 24.5. The van der Waals surface area contributed by atoms with Gasteiger partial charge in [-0.05, 0) is 204 Å². The quantitative estimate of drug-likeness (QED) is 0.0220. The molecule has 0 saturated carbocycles. The maximum Gasteiger partial charge on any atom is 0.306 e. The van der Waals surface area contributed by atoms with Crippen molar-refractivity contribution < 1.29 is 28.6 Å². The molecule has 0 atom stereocenters. The van der Waals surface area contributed by atoms with Crippen molar-refractivity contribution in [3.8, 4) is 0 Å². The summed E-state index contributed by atoms with van der Waals surface area (Å²) in [5.74, 6) is -0.873. The maximum absolute atomic E-state index is 12.9. The average molecular weight is 1770 g/mol. The van der Waals surface area contributed by atoms with Crippen LogP contribution in [0.2, 0.25) is 0 Å². The first-order chi connectivity index (χ1) is 38.3. The number of unbranched alkanes of at least 4 members (excludes halogenated alkanes) is 38. The van der Waals surface area contributed by atoms with Gasteiger partial charge < -0.3 is 25.7 Å². The number of anilines is 2. The molecular weight excluding hydrogens is 1670 g/mol. The highest BCUT2D eigenvalue weighted by molar-refractivity contribution is 14.1. The van der Waals surface area contributed by atoms with Crippen molar-refractivity contribution in [1.82, 2.24) is 0 Å². The van der Waals surface area contributed by atoms with E-state index in [4.69, 9.17) is 25.7 Å². The number of esters is 3. The van der Waals surface area contributed by atoms with Crippen LogP contribution < -0.4 is 11.5 Å². The average Bonchev–Trinajstić information content (AvgIpc) is 3.43. The van der Waals surface area contributed by atoms with Crippen molar-refractivity contribution in [2.75, 3.05) is 24.7 Å². The molecule has 0 aromatic heterocycles. The van der Waals surface area contributed by atoms with E-state index in [1.807, 2.05) is 0 Å². The van der Waals surface area contributed by atoms with Gasteiger partial charge in [-0.15, -0.1) is 0 Å². The monoisotopic (exact) mass is 1770 g/mol. The number of carbonyl (C=O) groups excluding carboxylic acids is 3. The van der Waals surface area contributed by atoms with Gasteiger partial charge in [-0.1, -0.05) is 238 Å². The molecule has 8 nitrogen and oxygen atoms in total. The number of hydrogen-bond acceptors (Lipinski definition) is 8. The van der Waals surface area contributed by atoms with Crippen LogP contribution in [-0.2, 0) is 41.4 Å². The second-order valence-corrected chi connectivity index (χ2v) is 29.3. The molecule has 14 heteroatoms. The number of nitrogens with two attached hydrogens (primary N) is 2. The fourth-order valence-electron chi connectivity index (χ4n) is 10.3. The molecule has 2 rings (SSSR count). The first-order valence-corrected chi connectivity index (χ1v) is 38.2. The summed E-state index contributed by atoms with van der Waals surface area (Å²) in [5, 5.41) is 0. The van der Waals surface area contributed by atoms with Gasteiger partial charge in [0.05, 0.1) is 11.4 Å². The lowest BCUT2D eigenvalue weighted by atomic mass is 10.0. The molecule has 0 aliphatic rings. The molecule has 0 saturated heterocycles. The lowest BCUT2D eigenvalue weighted by Gasteiger charge is -2.18. The van der Waals surface area contributed by atoms with Gasteiger partial charge in [0.1, 0.15) is 13.2 Å². The van der Waals surface area contributed by atoms with Gasteiger partial charge in [-0.2, -0.15) is 0 Å². The Bertz CT molecular complexity index is 1790. The van der Waals surface area contributed by atoms with Gasteiger partial charge in [-0.25, -0.2) is 0 Å². The number of carbonyl (C=O) groups is 3.